The first-order valence-electron chi connectivity index (χ1n) is 20.9. The number of esters is 2. The molecule has 0 spiro atoms. The Morgan fingerprint density at radius 2 is 1.04 bits per heavy atom. The second kappa shape index (κ2) is 36.9. The molecular weight excluding hydrogens is 682 g/mol. The second-order valence-corrected chi connectivity index (χ2v) is 14.9. The molecule has 2 atom stereocenters. The molecule has 0 aliphatic carbocycles. The van der Waals surface area contributed by atoms with E-state index in [-0.39, 0.29) is 38.6 Å². The second-order valence-electron chi connectivity index (χ2n) is 14.9. The van der Waals surface area contributed by atoms with Crippen LogP contribution in [0.2, 0.25) is 0 Å². The first-order chi connectivity index (χ1) is 26.1. The average Bonchev–Trinajstić information content (AvgIpc) is 3.12. The standard InChI is InChI=1S/C45H77NO8/c1-6-8-10-12-14-16-18-20-22-24-26-28-30-32-34-36-43(48)54-41(40-53-45(44(49)50)51-38-37-46(3,4)5)39-52-42(47)35-33-31-29-27-25-23-21-19-17-15-13-11-9-7-2/h8,10,14,16,20,22,26,28,32,34,41,45H,6-7,9,11-13,15,17-19,21,23-25,27,29-31,33,35-40H2,1-5H3/b10-8-,16-14-,22-20-,28-26-,34-32-. The van der Waals surface area contributed by atoms with Gasteiger partial charge >= 0.3 is 11.9 Å². The van der Waals surface area contributed by atoms with Gasteiger partial charge in [-0.15, -0.1) is 0 Å². The number of hydrogen-bond donors (Lipinski definition) is 0. The number of carbonyl (C=O) groups is 3. The minimum Gasteiger partial charge on any atom is -0.545 e. The highest BCUT2D eigenvalue weighted by atomic mass is 16.7. The molecule has 310 valence electrons. The lowest BCUT2D eigenvalue weighted by Crippen LogP contribution is -2.44. The Labute approximate surface area is 329 Å². The number of carboxylic acids is 1. The Morgan fingerprint density at radius 3 is 1.50 bits per heavy atom. The third-order valence-electron chi connectivity index (χ3n) is 8.56. The van der Waals surface area contributed by atoms with E-state index < -0.39 is 24.3 Å². The van der Waals surface area contributed by atoms with Crippen molar-refractivity contribution < 1.29 is 42.9 Å². The number of nitrogens with zero attached hydrogens (tertiary/aromatic N) is 1. The maximum atomic E-state index is 12.6. The van der Waals surface area contributed by atoms with Crippen molar-refractivity contribution in [3.05, 3.63) is 60.8 Å². The predicted molar refractivity (Wildman–Crippen MR) is 218 cm³/mol. The minimum atomic E-state index is -1.64. The smallest absolute Gasteiger partial charge is 0.310 e. The van der Waals surface area contributed by atoms with Crippen molar-refractivity contribution in [2.24, 2.45) is 0 Å². The first-order valence-corrected chi connectivity index (χ1v) is 20.9. The number of quaternary nitrogens is 1. The molecule has 0 aromatic rings. The number of hydrogen-bond acceptors (Lipinski definition) is 8. The van der Waals surface area contributed by atoms with Gasteiger partial charge in [-0.25, -0.2) is 0 Å². The summed E-state index contributed by atoms with van der Waals surface area (Å²) in [6.07, 6.45) is 40.0. The lowest BCUT2D eigenvalue weighted by molar-refractivity contribution is -0.870. The van der Waals surface area contributed by atoms with Crippen LogP contribution in [0, 0.1) is 0 Å². The summed E-state index contributed by atoms with van der Waals surface area (Å²) in [4.78, 5) is 36.8. The summed E-state index contributed by atoms with van der Waals surface area (Å²) in [6, 6.07) is 0. The van der Waals surface area contributed by atoms with Crippen LogP contribution in [-0.4, -0.2) is 82.3 Å². The summed E-state index contributed by atoms with van der Waals surface area (Å²) in [5, 5.41) is 11.7. The number of ether oxygens (including phenoxy) is 4. The molecule has 9 nitrogen and oxygen atoms in total. The van der Waals surface area contributed by atoms with E-state index in [9.17, 15) is 19.5 Å². The molecule has 0 saturated carbocycles. The van der Waals surface area contributed by atoms with E-state index in [4.69, 9.17) is 18.9 Å². The fourth-order valence-electron chi connectivity index (χ4n) is 5.31. The van der Waals surface area contributed by atoms with Gasteiger partial charge in [0, 0.05) is 6.42 Å². The largest absolute Gasteiger partial charge is 0.545 e. The highest BCUT2D eigenvalue weighted by Crippen LogP contribution is 2.14. The lowest BCUT2D eigenvalue weighted by atomic mass is 10.0. The van der Waals surface area contributed by atoms with E-state index in [1.54, 1.807) is 6.08 Å². The topological polar surface area (TPSA) is 111 Å². The summed E-state index contributed by atoms with van der Waals surface area (Å²) in [7, 11) is 5.87. The molecule has 0 aromatic carbocycles. The molecule has 0 fully saturated rings. The average molecular weight is 760 g/mol. The van der Waals surface area contributed by atoms with Gasteiger partial charge in [-0.1, -0.05) is 158 Å². The number of likely N-dealkylation sites (N-methyl/N-ethyl adjacent to an activating group) is 1. The Bertz CT molecular complexity index is 1070. The minimum absolute atomic E-state index is 0.0148. The van der Waals surface area contributed by atoms with E-state index >= 15 is 0 Å². The Hall–Kier alpha value is -3.01. The van der Waals surface area contributed by atoms with Crippen LogP contribution < -0.4 is 5.11 Å². The number of rotatable bonds is 37. The van der Waals surface area contributed by atoms with Crippen LogP contribution in [0.25, 0.3) is 0 Å². The van der Waals surface area contributed by atoms with Crippen molar-refractivity contribution in [3.63, 3.8) is 0 Å². The van der Waals surface area contributed by atoms with Gasteiger partial charge in [-0.05, 0) is 38.5 Å². The fraction of sp³-hybridized carbons (Fsp3) is 0.711. The monoisotopic (exact) mass is 760 g/mol. The van der Waals surface area contributed by atoms with Gasteiger partial charge in [0.25, 0.3) is 0 Å². The molecule has 0 aromatic heterocycles. The fourth-order valence-corrected chi connectivity index (χ4v) is 5.31. The molecule has 0 N–H and O–H groups in total. The van der Waals surface area contributed by atoms with E-state index in [0.29, 0.717) is 17.4 Å². The highest BCUT2D eigenvalue weighted by molar-refractivity contribution is 5.71. The summed E-state index contributed by atoms with van der Waals surface area (Å²) >= 11 is 0. The zero-order chi connectivity index (χ0) is 40.0. The molecule has 0 rings (SSSR count). The van der Waals surface area contributed by atoms with Gasteiger partial charge in [-0.3, -0.25) is 9.59 Å². The Morgan fingerprint density at radius 1 is 0.574 bits per heavy atom. The van der Waals surface area contributed by atoms with Crippen LogP contribution >= 0.6 is 0 Å². The van der Waals surface area contributed by atoms with E-state index in [2.05, 4.69) is 56.4 Å². The summed E-state index contributed by atoms with van der Waals surface area (Å²) in [6.45, 7) is 4.49. The highest BCUT2D eigenvalue weighted by Gasteiger charge is 2.21. The molecular formula is C45H77NO8. The van der Waals surface area contributed by atoms with E-state index in [1.807, 2.05) is 33.3 Å². The van der Waals surface area contributed by atoms with Crippen molar-refractivity contribution in [1.82, 2.24) is 0 Å². The predicted octanol–water partition coefficient (Wildman–Crippen LogP) is 9.27. The van der Waals surface area contributed by atoms with Crippen LogP contribution in [0.1, 0.15) is 149 Å². The number of carboxylic acid groups (broad SMARTS) is 1. The van der Waals surface area contributed by atoms with Crippen LogP contribution in [0.3, 0.4) is 0 Å². The Kier molecular flexibility index (Phi) is 34.9. The molecule has 0 bridgehead atoms. The number of carbonyl (C=O) groups excluding carboxylic acids is 3. The van der Waals surface area contributed by atoms with Gasteiger partial charge in [0.1, 0.15) is 13.2 Å². The van der Waals surface area contributed by atoms with Crippen molar-refractivity contribution in [1.29, 1.82) is 0 Å². The summed E-state index contributed by atoms with van der Waals surface area (Å²) in [5.74, 6) is -2.46. The van der Waals surface area contributed by atoms with Gasteiger partial charge in [0.15, 0.2) is 12.4 Å². The summed E-state index contributed by atoms with van der Waals surface area (Å²) < 4.78 is 22.3. The van der Waals surface area contributed by atoms with Gasteiger partial charge in [-0.2, -0.15) is 0 Å². The molecule has 54 heavy (non-hydrogen) atoms. The van der Waals surface area contributed by atoms with Gasteiger partial charge < -0.3 is 33.3 Å². The molecule has 0 radical (unpaired) electrons. The molecule has 0 heterocycles. The van der Waals surface area contributed by atoms with Crippen LogP contribution in [0.15, 0.2) is 60.8 Å². The third-order valence-corrected chi connectivity index (χ3v) is 8.56. The third kappa shape index (κ3) is 37.3. The molecule has 9 heteroatoms. The van der Waals surface area contributed by atoms with Crippen LogP contribution in [-0.2, 0) is 33.3 Å². The zero-order valence-electron chi connectivity index (χ0n) is 34.8. The normalized spacial score (nSPS) is 13.6. The lowest BCUT2D eigenvalue weighted by Gasteiger charge is -2.26. The van der Waals surface area contributed by atoms with Crippen molar-refractivity contribution in [3.8, 4) is 0 Å². The van der Waals surface area contributed by atoms with Crippen molar-refractivity contribution in [2.75, 3.05) is 47.5 Å². The maximum absolute atomic E-state index is 12.6. The quantitative estimate of drug-likeness (QED) is 0.0203. The first kappa shape index (κ1) is 51.0. The van der Waals surface area contributed by atoms with Crippen molar-refractivity contribution >= 4 is 17.9 Å². The maximum Gasteiger partial charge on any atom is 0.310 e. The molecule has 0 saturated heterocycles. The number of unbranched alkanes of at least 4 members (excludes halogenated alkanes) is 13. The number of allylic oxidation sites excluding steroid dienone is 9. The van der Waals surface area contributed by atoms with E-state index in [0.717, 1.165) is 44.9 Å². The van der Waals surface area contributed by atoms with Gasteiger partial charge in [0.2, 0.25) is 0 Å². The SMILES string of the molecule is CC/C=C\C/C=C\C/C=C\C/C=C\C/C=C\CC(=O)OC(COC(=O)CCCCCCCCCCCCCCCC)COC(OCC[N+](C)(C)C)C(=O)[O-]. The molecule has 0 amide bonds. The van der Waals surface area contributed by atoms with E-state index in [1.165, 1.54) is 70.6 Å². The number of aliphatic carboxylic acids is 1. The van der Waals surface area contributed by atoms with Gasteiger partial charge in [0.05, 0.1) is 46.7 Å². The molecule has 0 aliphatic heterocycles. The van der Waals surface area contributed by atoms with Crippen LogP contribution in [0.4, 0.5) is 0 Å². The summed E-state index contributed by atoms with van der Waals surface area (Å²) in [5.41, 5.74) is 0. The van der Waals surface area contributed by atoms with Crippen LogP contribution in [0.5, 0.6) is 0 Å². The molecule has 0 aliphatic rings. The Balaban J connectivity index is 4.63. The van der Waals surface area contributed by atoms with Crippen molar-refractivity contribution in [2.45, 2.75) is 161 Å². The zero-order valence-corrected chi connectivity index (χ0v) is 34.8. The molecule has 2 unspecified atom stereocenters.